The molecule has 0 aromatic carbocycles. The van der Waals surface area contributed by atoms with Gasteiger partial charge in [0.25, 0.3) is 5.91 Å². The number of ether oxygens (including phenoxy) is 1. The van der Waals surface area contributed by atoms with E-state index >= 15 is 0 Å². The Morgan fingerprint density at radius 1 is 1.15 bits per heavy atom. The fraction of sp³-hybridized carbons (Fsp3) is 0.550. The second-order valence-electron chi connectivity index (χ2n) is 8.16. The minimum atomic E-state index is -0.616. The average molecular weight is 388 g/mol. The van der Waals surface area contributed by atoms with Gasteiger partial charge in [-0.25, -0.2) is 9.59 Å². The van der Waals surface area contributed by atoms with Crippen molar-refractivity contribution in [2.75, 3.05) is 6.61 Å². The molecule has 4 fully saturated rings. The number of rotatable bonds is 5. The lowest BCUT2D eigenvalue weighted by Gasteiger charge is -2.56. The number of thiophene rings is 1. The quantitative estimate of drug-likeness (QED) is 0.600. The Labute approximate surface area is 162 Å². The number of carbonyl (C=O) groups excluding carboxylic acids is 3. The number of hydrogen-bond acceptors (Lipinski definition) is 5. The zero-order valence-electron chi connectivity index (χ0n) is 15.1. The van der Waals surface area contributed by atoms with Crippen molar-refractivity contribution in [2.24, 2.45) is 17.8 Å². The van der Waals surface area contributed by atoms with Crippen LogP contribution in [-0.2, 0) is 14.3 Å². The number of nitrogens with one attached hydrogen (secondary N) is 2. The normalized spacial score (nSPS) is 31.0. The molecule has 1 aromatic rings. The summed E-state index contributed by atoms with van der Waals surface area (Å²) in [6.45, 7) is -0.470. The first-order chi connectivity index (χ1) is 13.0. The Hall–Kier alpha value is -2.15. The van der Waals surface area contributed by atoms with Gasteiger partial charge in [-0.1, -0.05) is 6.07 Å². The minimum Gasteiger partial charge on any atom is -0.452 e. The fourth-order valence-corrected chi connectivity index (χ4v) is 6.04. The van der Waals surface area contributed by atoms with E-state index < -0.39 is 24.5 Å². The van der Waals surface area contributed by atoms with Crippen LogP contribution < -0.4 is 10.6 Å². The summed E-state index contributed by atoms with van der Waals surface area (Å²) in [5.74, 6) is 0.908. The lowest BCUT2D eigenvalue weighted by atomic mass is 9.53. The first-order valence-electron chi connectivity index (χ1n) is 9.50. The van der Waals surface area contributed by atoms with Crippen molar-refractivity contribution < 1.29 is 19.1 Å². The van der Waals surface area contributed by atoms with Gasteiger partial charge in [-0.05, 0) is 73.8 Å². The maximum absolute atomic E-state index is 12.3. The van der Waals surface area contributed by atoms with Gasteiger partial charge in [-0.2, -0.15) is 0 Å². The molecule has 0 atom stereocenters. The van der Waals surface area contributed by atoms with E-state index in [0.29, 0.717) is 17.8 Å². The topological polar surface area (TPSA) is 84.5 Å². The molecule has 0 radical (unpaired) electrons. The van der Waals surface area contributed by atoms with Crippen molar-refractivity contribution in [2.45, 2.75) is 44.1 Å². The van der Waals surface area contributed by atoms with Gasteiger partial charge in [0.1, 0.15) is 0 Å². The standard InChI is InChI=1S/C20H24N2O4S/c23-17(12-26-18(24)4-3-16-2-1-5-27-16)21-19(25)22-20-9-13-6-14(10-20)8-15(7-13)11-20/h1-5,13-15H,6-12H2,(H2,21,22,23,25)/b4-3+. The monoisotopic (exact) mass is 388 g/mol. The molecule has 3 amide bonds. The molecular formula is C20H24N2O4S. The second kappa shape index (κ2) is 7.46. The molecule has 6 nitrogen and oxygen atoms in total. The Balaban J connectivity index is 1.21. The van der Waals surface area contributed by atoms with Gasteiger partial charge < -0.3 is 10.1 Å². The number of imide groups is 1. The van der Waals surface area contributed by atoms with E-state index in [1.807, 2.05) is 17.5 Å². The fourth-order valence-electron chi connectivity index (χ4n) is 5.42. The molecule has 0 spiro atoms. The molecule has 5 rings (SSSR count). The maximum atomic E-state index is 12.3. The van der Waals surface area contributed by atoms with Gasteiger partial charge in [0.05, 0.1) is 0 Å². The van der Waals surface area contributed by atoms with Crippen LogP contribution in [0.3, 0.4) is 0 Å². The number of hydrogen-bond donors (Lipinski definition) is 2. The van der Waals surface area contributed by atoms with Crippen molar-refractivity contribution in [3.8, 4) is 0 Å². The maximum Gasteiger partial charge on any atom is 0.331 e. The second-order valence-corrected chi connectivity index (χ2v) is 9.14. The number of esters is 1. The molecule has 7 heteroatoms. The van der Waals surface area contributed by atoms with Crippen molar-refractivity contribution in [1.29, 1.82) is 0 Å². The number of urea groups is 1. The van der Waals surface area contributed by atoms with Crippen LogP contribution in [0.15, 0.2) is 23.6 Å². The smallest absolute Gasteiger partial charge is 0.331 e. The van der Waals surface area contributed by atoms with Crippen molar-refractivity contribution in [3.63, 3.8) is 0 Å². The summed E-state index contributed by atoms with van der Waals surface area (Å²) < 4.78 is 4.88. The van der Waals surface area contributed by atoms with Crippen LogP contribution in [0.2, 0.25) is 0 Å². The first-order valence-corrected chi connectivity index (χ1v) is 10.4. The molecule has 0 aliphatic heterocycles. The summed E-state index contributed by atoms with van der Waals surface area (Å²) in [6, 6.07) is 3.27. The zero-order chi connectivity index (χ0) is 18.9. The van der Waals surface area contributed by atoms with Crippen molar-refractivity contribution in [1.82, 2.24) is 10.6 Å². The number of carbonyl (C=O) groups is 3. The largest absolute Gasteiger partial charge is 0.452 e. The van der Waals surface area contributed by atoms with E-state index in [9.17, 15) is 14.4 Å². The molecule has 0 saturated heterocycles. The molecule has 4 aliphatic carbocycles. The zero-order valence-corrected chi connectivity index (χ0v) is 15.9. The van der Waals surface area contributed by atoms with E-state index in [1.165, 1.54) is 36.7 Å². The molecule has 1 heterocycles. The van der Waals surface area contributed by atoms with Crippen LogP contribution in [-0.4, -0.2) is 30.1 Å². The summed E-state index contributed by atoms with van der Waals surface area (Å²) in [5.41, 5.74) is -0.154. The van der Waals surface area contributed by atoms with Crippen molar-refractivity contribution in [3.05, 3.63) is 28.5 Å². The summed E-state index contributed by atoms with van der Waals surface area (Å²) in [4.78, 5) is 36.7. The highest BCUT2D eigenvalue weighted by atomic mass is 32.1. The van der Waals surface area contributed by atoms with Crippen LogP contribution >= 0.6 is 11.3 Å². The average Bonchev–Trinajstić information content (AvgIpc) is 3.09. The van der Waals surface area contributed by atoms with E-state index in [4.69, 9.17) is 4.74 Å². The number of amides is 3. The van der Waals surface area contributed by atoms with E-state index in [2.05, 4.69) is 10.6 Å². The lowest BCUT2D eigenvalue weighted by molar-refractivity contribution is -0.143. The highest BCUT2D eigenvalue weighted by Gasteiger charge is 2.51. The van der Waals surface area contributed by atoms with Crippen LogP contribution in [0.1, 0.15) is 43.4 Å². The summed E-state index contributed by atoms with van der Waals surface area (Å²) in [5, 5.41) is 7.26. The minimum absolute atomic E-state index is 0.154. The van der Waals surface area contributed by atoms with Gasteiger partial charge in [-0.3, -0.25) is 10.1 Å². The summed E-state index contributed by atoms with van der Waals surface area (Å²) in [6.07, 6.45) is 9.82. The lowest BCUT2D eigenvalue weighted by Crippen LogP contribution is -2.62. The Morgan fingerprint density at radius 2 is 1.81 bits per heavy atom. The molecule has 2 N–H and O–H groups in total. The molecule has 144 valence electrons. The molecule has 27 heavy (non-hydrogen) atoms. The van der Waals surface area contributed by atoms with Gasteiger partial charge >= 0.3 is 12.0 Å². The predicted molar refractivity (Wildman–Crippen MR) is 102 cm³/mol. The third-order valence-electron chi connectivity index (χ3n) is 5.94. The van der Waals surface area contributed by atoms with Crippen molar-refractivity contribution >= 4 is 35.3 Å². The Kier molecular flexibility index (Phi) is 5.04. The summed E-state index contributed by atoms with van der Waals surface area (Å²) in [7, 11) is 0. The molecule has 4 saturated carbocycles. The molecule has 0 unspecified atom stereocenters. The Morgan fingerprint density at radius 3 is 2.41 bits per heavy atom. The van der Waals surface area contributed by atoms with E-state index in [1.54, 1.807) is 6.08 Å². The van der Waals surface area contributed by atoms with Gasteiger partial charge in [0, 0.05) is 16.5 Å². The highest BCUT2D eigenvalue weighted by Crippen LogP contribution is 2.55. The molecule has 1 aromatic heterocycles. The van der Waals surface area contributed by atoms with Crippen LogP contribution in [0.4, 0.5) is 4.79 Å². The van der Waals surface area contributed by atoms with E-state index in [-0.39, 0.29) is 5.54 Å². The SMILES string of the molecule is O=C(COC(=O)/C=C/c1cccs1)NC(=O)NC12CC3CC(CC(C3)C1)C2. The molecule has 4 aliphatic rings. The van der Waals surface area contributed by atoms with Crippen LogP contribution in [0.25, 0.3) is 6.08 Å². The Bertz CT molecular complexity index is 721. The van der Waals surface area contributed by atoms with E-state index in [0.717, 1.165) is 24.1 Å². The third kappa shape index (κ3) is 4.40. The summed E-state index contributed by atoms with van der Waals surface area (Å²) >= 11 is 1.50. The van der Waals surface area contributed by atoms with Gasteiger partial charge in [0.2, 0.25) is 0 Å². The van der Waals surface area contributed by atoms with Gasteiger partial charge in [0.15, 0.2) is 6.61 Å². The molecule has 4 bridgehead atoms. The molecular weight excluding hydrogens is 364 g/mol. The van der Waals surface area contributed by atoms with Crippen LogP contribution in [0, 0.1) is 17.8 Å². The van der Waals surface area contributed by atoms with Gasteiger partial charge in [-0.15, -0.1) is 11.3 Å². The van der Waals surface area contributed by atoms with Crippen LogP contribution in [0.5, 0.6) is 0 Å². The first kappa shape index (κ1) is 18.2. The highest BCUT2D eigenvalue weighted by molar-refractivity contribution is 7.10. The third-order valence-corrected chi connectivity index (χ3v) is 6.78. The predicted octanol–water partition coefficient (Wildman–Crippen LogP) is 3.10.